The smallest absolute Gasteiger partial charge is 0.316 e. The summed E-state index contributed by atoms with van der Waals surface area (Å²) in [6.45, 7) is 2.40. The molecule has 3 nitrogen and oxygen atoms in total. The predicted octanol–water partition coefficient (Wildman–Crippen LogP) is 1.23. The number of carboxylic acids is 1. The summed E-state index contributed by atoms with van der Waals surface area (Å²) in [5.41, 5.74) is 0. The van der Waals surface area contributed by atoms with Gasteiger partial charge in [-0.15, -0.1) is 11.8 Å². The zero-order valence-electron chi connectivity index (χ0n) is 6.87. The molecule has 1 N–H and O–H groups in total. The quantitative estimate of drug-likeness (QED) is 0.621. The number of methoxy groups -OCH3 is 1. The Balaban J connectivity index is 3.17. The molecule has 0 amide bonds. The van der Waals surface area contributed by atoms with E-state index in [-0.39, 0.29) is 5.25 Å². The Kier molecular flexibility index (Phi) is 6.36. The molecule has 0 aromatic heterocycles. The molecule has 0 aliphatic rings. The van der Waals surface area contributed by atoms with E-state index in [0.29, 0.717) is 6.61 Å². The molecule has 0 saturated carbocycles. The van der Waals surface area contributed by atoms with E-state index >= 15 is 0 Å². The van der Waals surface area contributed by atoms with Crippen molar-refractivity contribution in [2.45, 2.75) is 18.6 Å². The van der Waals surface area contributed by atoms with Crippen LogP contribution in [0.2, 0.25) is 0 Å². The minimum absolute atomic E-state index is 0.299. The molecule has 0 aromatic carbocycles. The maximum absolute atomic E-state index is 10.3. The minimum Gasteiger partial charge on any atom is -0.480 e. The number of aliphatic carboxylic acids is 1. The van der Waals surface area contributed by atoms with E-state index in [1.807, 2.05) is 0 Å². The zero-order valence-corrected chi connectivity index (χ0v) is 7.69. The third-order valence-electron chi connectivity index (χ3n) is 1.21. The zero-order chi connectivity index (χ0) is 8.69. The van der Waals surface area contributed by atoms with Crippen molar-refractivity contribution >= 4 is 17.7 Å². The van der Waals surface area contributed by atoms with Crippen LogP contribution >= 0.6 is 11.8 Å². The standard InChI is InChI=1S/C7H14O3S/c1-6(7(8)9)11-5-3-4-10-2/h6H,3-5H2,1-2H3,(H,8,9). The van der Waals surface area contributed by atoms with Crippen molar-refractivity contribution in [1.82, 2.24) is 0 Å². The first-order valence-electron chi connectivity index (χ1n) is 3.52. The van der Waals surface area contributed by atoms with Crippen LogP contribution in [0.1, 0.15) is 13.3 Å². The van der Waals surface area contributed by atoms with Crippen molar-refractivity contribution in [3.8, 4) is 0 Å². The Morgan fingerprint density at radius 2 is 2.36 bits per heavy atom. The number of carbonyl (C=O) groups is 1. The van der Waals surface area contributed by atoms with Gasteiger partial charge < -0.3 is 9.84 Å². The van der Waals surface area contributed by atoms with Crippen LogP contribution < -0.4 is 0 Å². The molecule has 0 spiro atoms. The lowest BCUT2D eigenvalue weighted by Crippen LogP contribution is -2.12. The van der Waals surface area contributed by atoms with E-state index in [1.54, 1.807) is 14.0 Å². The molecule has 0 aliphatic heterocycles. The largest absolute Gasteiger partial charge is 0.480 e. The van der Waals surface area contributed by atoms with Crippen LogP contribution in [0.4, 0.5) is 0 Å². The van der Waals surface area contributed by atoms with Crippen LogP contribution in [0.3, 0.4) is 0 Å². The summed E-state index contributed by atoms with van der Waals surface area (Å²) in [6, 6.07) is 0. The van der Waals surface area contributed by atoms with E-state index in [0.717, 1.165) is 12.2 Å². The first kappa shape index (κ1) is 10.8. The summed E-state index contributed by atoms with van der Waals surface area (Å²) in [7, 11) is 1.64. The van der Waals surface area contributed by atoms with E-state index in [4.69, 9.17) is 9.84 Å². The fourth-order valence-corrected chi connectivity index (χ4v) is 1.32. The molecule has 66 valence electrons. The van der Waals surface area contributed by atoms with Crippen LogP contribution in [0.5, 0.6) is 0 Å². The van der Waals surface area contributed by atoms with Gasteiger partial charge in [-0.25, -0.2) is 0 Å². The fourth-order valence-electron chi connectivity index (χ4n) is 0.535. The Labute approximate surface area is 71.1 Å². The lowest BCUT2D eigenvalue weighted by atomic mass is 10.5. The van der Waals surface area contributed by atoms with Gasteiger partial charge in [0.2, 0.25) is 0 Å². The summed E-state index contributed by atoms with van der Waals surface area (Å²) in [5, 5.41) is 8.19. The second-order valence-corrected chi connectivity index (χ2v) is 3.65. The van der Waals surface area contributed by atoms with E-state index in [1.165, 1.54) is 11.8 Å². The topological polar surface area (TPSA) is 46.5 Å². The molecule has 0 bridgehead atoms. The van der Waals surface area contributed by atoms with Gasteiger partial charge in [0.1, 0.15) is 0 Å². The normalized spacial score (nSPS) is 12.9. The van der Waals surface area contributed by atoms with Gasteiger partial charge in [0, 0.05) is 13.7 Å². The van der Waals surface area contributed by atoms with Crippen LogP contribution in [0.25, 0.3) is 0 Å². The third kappa shape index (κ3) is 6.19. The third-order valence-corrected chi connectivity index (χ3v) is 2.43. The Morgan fingerprint density at radius 1 is 1.73 bits per heavy atom. The summed E-state index contributed by atoms with van der Waals surface area (Å²) in [5.74, 6) is 0.105. The minimum atomic E-state index is -0.743. The molecule has 1 unspecified atom stereocenters. The van der Waals surface area contributed by atoms with E-state index in [9.17, 15) is 4.79 Å². The summed E-state index contributed by atoms with van der Waals surface area (Å²) < 4.78 is 4.82. The van der Waals surface area contributed by atoms with Crippen molar-refractivity contribution in [2.24, 2.45) is 0 Å². The molecule has 0 aliphatic carbocycles. The second-order valence-electron chi connectivity index (χ2n) is 2.20. The first-order chi connectivity index (χ1) is 5.18. The van der Waals surface area contributed by atoms with Crippen LogP contribution in [-0.2, 0) is 9.53 Å². The van der Waals surface area contributed by atoms with Crippen molar-refractivity contribution in [3.63, 3.8) is 0 Å². The van der Waals surface area contributed by atoms with Crippen molar-refractivity contribution < 1.29 is 14.6 Å². The highest BCUT2D eigenvalue weighted by molar-refractivity contribution is 8.00. The number of hydrogen-bond donors (Lipinski definition) is 1. The van der Waals surface area contributed by atoms with Crippen molar-refractivity contribution in [3.05, 3.63) is 0 Å². The van der Waals surface area contributed by atoms with Gasteiger partial charge in [-0.1, -0.05) is 0 Å². The molecular weight excluding hydrogens is 164 g/mol. The molecule has 4 heteroatoms. The molecule has 0 aromatic rings. The average Bonchev–Trinajstić information content (AvgIpc) is 1.97. The highest BCUT2D eigenvalue weighted by Gasteiger charge is 2.09. The lowest BCUT2D eigenvalue weighted by molar-refractivity contribution is -0.136. The average molecular weight is 178 g/mol. The first-order valence-corrected chi connectivity index (χ1v) is 4.56. The van der Waals surface area contributed by atoms with Gasteiger partial charge in [0.25, 0.3) is 0 Å². The van der Waals surface area contributed by atoms with Gasteiger partial charge in [0.15, 0.2) is 0 Å². The monoisotopic (exact) mass is 178 g/mol. The summed E-state index contributed by atoms with van der Waals surface area (Å²) in [4.78, 5) is 10.3. The second kappa shape index (κ2) is 6.49. The number of rotatable bonds is 6. The molecule has 0 saturated heterocycles. The van der Waals surface area contributed by atoms with Gasteiger partial charge >= 0.3 is 5.97 Å². The molecule has 0 fully saturated rings. The number of ether oxygens (including phenoxy) is 1. The van der Waals surface area contributed by atoms with Gasteiger partial charge in [-0.2, -0.15) is 0 Å². The number of hydrogen-bond acceptors (Lipinski definition) is 3. The van der Waals surface area contributed by atoms with Gasteiger partial charge in [-0.3, -0.25) is 4.79 Å². The molecule has 1 atom stereocenters. The van der Waals surface area contributed by atoms with E-state index in [2.05, 4.69) is 0 Å². The van der Waals surface area contributed by atoms with Crippen LogP contribution in [0.15, 0.2) is 0 Å². The summed E-state index contributed by atoms with van der Waals surface area (Å²) in [6.07, 6.45) is 0.915. The highest BCUT2D eigenvalue weighted by atomic mass is 32.2. The lowest BCUT2D eigenvalue weighted by Gasteiger charge is -2.04. The molecule has 0 radical (unpaired) electrons. The van der Waals surface area contributed by atoms with Crippen LogP contribution in [-0.4, -0.2) is 35.8 Å². The molecule has 11 heavy (non-hydrogen) atoms. The maximum atomic E-state index is 10.3. The fraction of sp³-hybridized carbons (Fsp3) is 0.857. The molecule has 0 heterocycles. The van der Waals surface area contributed by atoms with E-state index < -0.39 is 5.97 Å². The Hall–Kier alpha value is -0.220. The predicted molar refractivity (Wildman–Crippen MR) is 46.0 cm³/mol. The number of carboxylic acid groups (broad SMARTS) is 1. The van der Waals surface area contributed by atoms with Crippen molar-refractivity contribution in [1.29, 1.82) is 0 Å². The number of thioether (sulfide) groups is 1. The van der Waals surface area contributed by atoms with Crippen molar-refractivity contribution in [2.75, 3.05) is 19.5 Å². The summed E-state index contributed by atoms with van der Waals surface area (Å²) >= 11 is 1.44. The highest BCUT2D eigenvalue weighted by Crippen LogP contribution is 2.11. The molecule has 0 rings (SSSR count). The SMILES string of the molecule is COCCCSC(C)C(=O)O. The van der Waals surface area contributed by atoms with Gasteiger partial charge in [-0.05, 0) is 19.1 Å². The van der Waals surface area contributed by atoms with Crippen LogP contribution in [0, 0.1) is 0 Å². The maximum Gasteiger partial charge on any atom is 0.316 e. The Bertz CT molecular complexity index is 116. The Morgan fingerprint density at radius 3 is 2.82 bits per heavy atom. The van der Waals surface area contributed by atoms with Gasteiger partial charge in [0.05, 0.1) is 5.25 Å². The molecular formula is C7H14O3S.